The molecule has 1 heterocycles. The smallest absolute Gasteiger partial charge is 0.0634 e. The minimum atomic E-state index is 0.479. The Morgan fingerprint density at radius 1 is 1.25 bits per heavy atom. The minimum Gasteiger partial charge on any atom is -0.377 e. The number of hydrogen-bond acceptors (Lipinski definition) is 3. The molecule has 1 atom stereocenters. The predicted molar refractivity (Wildman–Crippen MR) is 88.9 cm³/mol. The first-order chi connectivity index (χ1) is 9.65. The van der Waals surface area contributed by atoms with Gasteiger partial charge in [0.1, 0.15) is 0 Å². The Kier molecular flexibility index (Phi) is 3.70. The zero-order valence-corrected chi connectivity index (χ0v) is 13.2. The van der Waals surface area contributed by atoms with Crippen molar-refractivity contribution in [1.29, 1.82) is 0 Å². The fourth-order valence-corrected chi connectivity index (χ4v) is 3.55. The maximum absolute atomic E-state index is 3.75. The maximum atomic E-state index is 3.75. The van der Waals surface area contributed by atoms with E-state index < -0.39 is 0 Å². The van der Waals surface area contributed by atoms with Gasteiger partial charge < -0.3 is 10.2 Å². The van der Waals surface area contributed by atoms with Gasteiger partial charge in [-0.2, -0.15) is 0 Å². The van der Waals surface area contributed by atoms with Crippen molar-refractivity contribution in [3.63, 3.8) is 0 Å². The van der Waals surface area contributed by atoms with Gasteiger partial charge in [0.2, 0.25) is 0 Å². The van der Waals surface area contributed by atoms with Crippen LogP contribution in [0.1, 0.15) is 29.3 Å². The van der Waals surface area contributed by atoms with Crippen LogP contribution in [0.4, 0.5) is 11.4 Å². The van der Waals surface area contributed by atoms with Crippen LogP contribution < -0.4 is 10.2 Å². The third-order valence-corrected chi connectivity index (χ3v) is 4.91. The number of nitrogens with zero attached hydrogens (tertiary/aromatic N) is 1. The summed E-state index contributed by atoms with van der Waals surface area (Å²) in [7, 11) is 4.20. The highest BCUT2D eigenvalue weighted by Crippen LogP contribution is 2.44. The molecule has 106 valence electrons. The first kappa shape index (κ1) is 13.5. The summed E-state index contributed by atoms with van der Waals surface area (Å²) >= 11 is 1.86. The molecule has 0 spiro atoms. The van der Waals surface area contributed by atoms with Crippen LogP contribution in [0.25, 0.3) is 0 Å². The number of benzene rings is 1. The van der Waals surface area contributed by atoms with Gasteiger partial charge in [-0.15, -0.1) is 11.3 Å². The Labute approximate surface area is 125 Å². The van der Waals surface area contributed by atoms with Crippen LogP contribution in [0.3, 0.4) is 0 Å². The second-order valence-corrected chi connectivity index (χ2v) is 6.85. The fourth-order valence-electron chi connectivity index (χ4n) is 2.68. The van der Waals surface area contributed by atoms with Gasteiger partial charge >= 0.3 is 0 Å². The molecule has 0 radical (unpaired) electrons. The molecule has 1 aliphatic carbocycles. The molecule has 1 saturated carbocycles. The molecular weight excluding hydrogens is 264 g/mol. The summed E-state index contributed by atoms with van der Waals surface area (Å²) in [5.41, 5.74) is 3.83. The van der Waals surface area contributed by atoms with Crippen molar-refractivity contribution < 1.29 is 0 Å². The normalized spacial score (nSPS) is 15.9. The molecule has 1 fully saturated rings. The van der Waals surface area contributed by atoms with Crippen molar-refractivity contribution >= 4 is 22.7 Å². The van der Waals surface area contributed by atoms with Crippen molar-refractivity contribution in [2.24, 2.45) is 5.92 Å². The van der Waals surface area contributed by atoms with Gasteiger partial charge in [0.05, 0.1) is 6.04 Å². The van der Waals surface area contributed by atoms with E-state index in [1.807, 2.05) is 11.3 Å². The lowest BCUT2D eigenvalue weighted by Crippen LogP contribution is -2.14. The molecule has 1 N–H and O–H groups in total. The second-order valence-electron chi connectivity index (χ2n) is 5.87. The average Bonchev–Trinajstić information content (AvgIpc) is 3.12. The van der Waals surface area contributed by atoms with Crippen LogP contribution in [0, 0.1) is 12.8 Å². The Balaban J connectivity index is 1.84. The Hall–Kier alpha value is -1.48. The first-order valence-electron chi connectivity index (χ1n) is 7.23. The maximum Gasteiger partial charge on any atom is 0.0634 e. The van der Waals surface area contributed by atoms with Crippen LogP contribution in [0.15, 0.2) is 35.7 Å². The quantitative estimate of drug-likeness (QED) is 0.858. The molecule has 1 unspecified atom stereocenters. The second kappa shape index (κ2) is 5.49. The summed E-state index contributed by atoms with van der Waals surface area (Å²) in [6.07, 6.45) is 2.70. The largest absolute Gasteiger partial charge is 0.377 e. The highest BCUT2D eigenvalue weighted by atomic mass is 32.1. The molecular formula is C17H22N2S. The van der Waals surface area contributed by atoms with Crippen LogP contribution in [-0.4, -0.2) is 14.1 Å². The summed E-state index contributed by atoms with van der Waals surface area (Å²) in [5, 5.41) is 5.92. The highest BCUT2D eigenvalue weighted by molar-refractivity contribution is 7.10. The van der Waals surface area contributed by atoms with Crippen molar-refractivity contribution in [2.75, 3.05) is 24.3 Å². The van der Waals surface area contributed by atoms with Crippen LogP contribution in [-0.2, 0) is 0 Å². The SMILES string of the molecule is Cc1ccc(NC(c2cccs2)C2CC2)cc1N(C)C. The van der Waals surface area contributed by atoms with Crippen molar-refractivity contribution in [3.8, 4) is 0 Å². The van der Waals surface area contributed by atoms with E-state index in [-0.39, 0.29) is 0 Å². The molecule has 0 bridgehead atoms. The van der Waals surface area contributed by atoms with Gasteiger partial charge in [-0.1, -0.05) is 12.1 Å². The first-order valence-corrected chi connectivity index (χ1v) is 8.11. The minimum absolute atomic E-state index is 0.479. The van der Waals surface area contributed by atoms with Crippen molar-refractivity contribution in [3.05, 3.63) is 46.2 Å². The summed E-state index contributed by atoms with van der Waals surface area (Å²) in [6, 6.07) is 11.5. The lowest BCUT2D eigenvalue weighted by Gasteiger charge is -2.21. The van der Waals surface area contributed by atoms with E-state index in [1.165, 1.54) is 34.7 Å². The lowest BCUT2D eigenvalue weighted by atomic mass is 10.1. The molecule has 3 heteroatoms. The molecule has 0 aliphatic heterocycles. The number of aryl methyl sites for hydroxylation is 1. The predicted octanol–water partition coefficient (Wildman–Crippen LogP) is 4.69. The summed E-state index contributed by atoms with van der Waals surface area (Å²) in [4.78, 5) is 3.64. The van der Waals surface area contributed by atoms with Gasteiger partial charge in [0.15, 0.2) is 0 Å². The van der Waals surface area contributed by atoms with Gasteiger partial charge in [0, 0.05) is 30.3 Å². The fraction of sp³-hybridized carbons (Fsp3) is 0.412. The number of nitrogens with one attached hydrogen (secondary N) is 1. The average molecular weight is 286 g/mol. The van der Waals surface area contributed by atoms with E-state index in [4.69, 9.17) is 0 Å². The van der Waals surface area contributed by atoms with E-state index in [0.29, 0.717) is 6.04 Å². The lowest BCUT2D eigenvalue weighted by molar-refractivity contribution is 0.691. The number of thiophene rings is 1. The topological polar surface area (TPSA) is 15.3 Å². The van der Waals surface area contributed by atoms with Gasteiger partial charge in [-0.3, -0.25) is 0 Å². The molecule has 1 aromatic carbocycles. The van der Waals surface area contributed by atoms with E-state index in [9.17, 15) is 0 Å². The highest BCUT2D eigenvalue weighted by Gasteiger charge is 2.32. The Morgan fingerprint density at radius 3 is 2.65 bits per heavy atom. The molecule has 0 amide bonds. The van der Waals surface area contributed by atoms with E-state index in [2.05, 4.69) is 66.9 Å². The molecule has 2 aromatic rings. The van der Waals surface area contributed by atoms with E-state index in [1.54, 1.807) is 0 Å². The molecule has 1 aliphatic rings. The molecule has 0 saturated heterocycles. The van der Waals surface area contributed by atoms with E-state index >= 15 is 0 Å². The Morgan fingerprint density at radius 2 is 2.05 bits per heavy atom. The van der Waals surface area contributed by atoms with Gasteiger partial charge in [-0.25, -0.2) is 0 Å². The third kappa shape index (κ3) is 2.83. The third-order valence-electron chi connectivity index (χ3n) is 3.96. The summed E-state index contributed by atoms with van der Waals surface area (Å²) in [6.45, 7) is 2.16. The van der Waals surface area contributed by atoms with Crippen molar-refractivity contribution in [1.82, 2.24) is 0 Å². The standard InChI is InChI=1S/C17H22N2S/c1-12-6-9-14(11-15(12)19(2)3)18-17(13-7-8-13)16-5-4-10-20-16/h4-6,9-11,13,17-18H,7-8H2,1-3H3. The molecule has 1 aromatic heterocycles. The number of rotatable bonds is 5. The van der Waals surface area contributed by atoms with Gasteiger partial charge in [0.25, 0.3) is 0 Å². The van der Waals surface area contributed by atoms with E-state index in [0.717, 1.165) is 5.92 Å². The van der Waals surface area contributed by atoms with Crippen molar-refractivity contribution in [2.45, 2.75) is 25.8 Å². The number of hydrogen-bond donors (Lipinski definition) is 1. The van der Waals surface area contributed by atoms with Crippen LogP contribution in [0.5, 0.6) is 0 Å². The summed E-state index contributed by atoms with van der Waals surface area (Å²) < 4.78 is 0. The molecule has 2 nitrogen and oxygen atoms in total. The Bertz CT molecular complexity index is 571. The molecule has 20 heavy (non-hydrogen) atoms. The zero-order valence-electron chi connectivity index (χ0n) is 12.4. The summed E-state index contributed by atoms with van der Waals surface area (Å²) in [5.74, 6) is 0.803. The van der Waals surface area contributed by atoms with Gasteiger partial charge in [-0.05, 0) is 54.8 Å². The van der Waals surface area contributed by atoms with Crippen LogP contribution in [0.2, 0.25) is 0 Å². The molecule has 3 rings (SSSR count). The monoisotopic (exact) mass is 286 g/mol. The zero-order chi connectivity index (χ0) is 14.1. The van der Waals surface area contributed by atoms with Crippen LogP contribution >= 0.6 is 11.3 Å². The number of anilines is 2.